The van der Waals surface area contributed by atoms with E-state index in [-0.39, 0.29) is 0 Å². The van der Waals surface area contributed by atoms with Gasteiger partial charge in [0.25, 0.3) is 0 Å². The Morgan fingerprint density at radius 2 is 0.313 bits per heavy atom. The Bertz CT molecular complexity index is 9300. The van der Waals surface area contributed by atoms with Gasteiger partial charge in [0.05, 0.1) is 84.0 Å². The molecule has 0 saturated carbocycles. The molecule has 12 nitrogen and oxygen atoms in total. The third-order valence-corrected chi connectivity index (χ3v) is 27.3. The molecular formula is C135H85N9O3. The molecule has 9 heterocycles. The molecule has 0 aliphatic carbocycles. The van der Waals surface area contributed by atoms with Crippen molar-refractivity contribution in [3.05, 3.63) is 516 Å². The molecular weight excluding hydrogens is 1800 g/mol. The van der Waals surface area contributed by atoms with Gasteiger partial charge >= 0.3 is 0 Å². The van der Waals surface area contributed by atoms with Gasteiger partial charge in [0.15, 0.2) is 17.5 Å². The van der Waals surface area contributed by atoms with Crippen LogP contribution < -0.4 is 0 Å². The maximum atomic E-state index is 6.59. The van der Waals surface area contributed by atoms with Crippen LogP contribution in [0.4, 0.5) is 0 Å². The van der Waals surface area contributed by atoms with Crippen molar-refractivity contribution < 1.29 is 13.3 Å². The first-order valence-electron chi connectivity index (χ1n) is 49.2. The average Bonchev–Trinajstić information content (AvgIpc) is 1.60. The van der Waals surface area contributed by atoms with E-state index in [4.69, 9.17) is 58.1 Å². The molecule has 0 N–H and O–H groups in total. The zero-order valence-corrected chi connectivity index (χ0v) is 79.3. The number of nitrogens with zero attached hydrogens (tertiary/aromatic N) is 9. The van der Waals surface area contributed by atoms with Gasteiger partial charge < -0.3 is 13.3 Å². The summed E-state index contributed by atoms with van der Waals surface area (Å²) in [6.07, 6.45) is 0. The van der Waals surface area contributed by atoms with Gasteiger partial charge in [0.2, 0.25) is 0 Å². The van der Waals surface area contributed by atoms with E-state index in [1.165, 1.54) is 11.1 Å². The van der Waals surface area contributed by atoms with Crippen molar-refractivity contribution in [1.29, 1.82) is 0 Å². The fourth-order valence-corrected chi connectivity index (χ4v) is 20.1. The standard InChI is InChI=1S/C49H31N3O.2C43H27N3O/c1-4-13-32(14-5-1)33-23-25-36(26-24-33)43-31-42(35-17-8-3-9-18-35)50-49(51-43)38-29-27-37(28-30-38)46-45-40-19-10-11-22-44(40)53-48(45)41-21-12-20-39(47(41)52-46)34-15-6-2-7-16-34;1-4-13-28(14-5-1)33-20-12-21-35-41(33)46-40(39-34-19-10-11-22-38(34)47-42(35)39)31-25-23-30(24-26-31)37-27-36(29-15-6-2-7-16-29)44-43(45-37)32-17-8-3-9-18-32;1-4-13-28(14-5-1)33-20-12-21-35-41(33)46-40(39-34-19-10-11-22-38(34)47-42(35)39)31-23-25-32(26-24-31)43-44-36(29-15-6-2-7-16-29)27-37(45-43)30-17-8-3-9-18-30/h1-31H;2*1-27H. The molecule has 0 saturated heterocycles. The van der Waals surface area contributed by atoms with Crippen molar-refractivity contribution in [3.8, 4) is 180 Å². The minimum Gasteiger partial charge on any atom is -0.455 e. The second kappa shape index (κ2) is 38.2. The highest BCUT2D eigenvalue weighted by molar-refractivity contribution is 6.24. The summed E-state index contributed by atoms with van der Waals surface area (Å²) in [6, 6.07) is 177. The van der Waals surface area contributed by atoms with Crippen LogP contribution in [0.1, 0.15) is 0 Å². The molecule has 0 unspecified atom stereocenters. The molecule has 0 bridgehead atoms. The summed E-state index contributed by atoms with van der Waals surface area (Å²) in [5, 5.41) is 9.18. The molecule has 0 atom stereocenters. The highest BCUT2D eigenvalue weighted by Gasteiger charge is 2.27. The molecule has 28 rings (SSSR count). The predicted molar refractivity (Wildman–Crippen MR) is 601 cm³/mol. The lowest BCUT2D eigenvalue weighted by Gasteiger charge is -2.12. The van der Waals surface area contributed by atoms with Gasteiger partial charge in [-0.3, -0.25) is 0 Å². The Labute approximate surface area is 846 Å². The zero-order valence-electron chi connectivity index (χ0n) is 79.3. The topological polar surface area (TPSA) is 155 Å². The van der Waals surface area contributed by atoms with Crippen LogP contribution >= 0.6 is 0 Å². The first-order chi connectivity index (χ1) is 72.9. The predicted octanol–water partition coefficient (Wildman–Crippen LogP) is 35.4. The first-order valence-corrected chi connectivity index (χ1v) is 49.2. The Morgan fingerprint density at radius 3 is 0.578 bits per heavy atom. The smallest absolute Gasteiger partial charge is 0.160 e. The van der Waals surface area contributed by atoms with Crippen LogP contribution in [0, 0.1) is 0 Å². The second-order valence-corrected chi connectivity index (χ2v) is 36.4. The lowest BCUT2D eigenvalue weighted by Crippen LogP contribution is -1.96. The number of para-hydroxylation sites is 6. The van der Waals surface area contributed by atoms with E-state index >= 15 is 0 Å². The largest absolute Gasteiger partial charge is 0.455 e. The molecule has 0 radical (unpaired) electrons. The van der Waals surface area contributed by atoms with Crippen LogP contribution in [0.2, 0.25) is 0 Å². The van der Waals surface area contributed by atoms with E-state index < -0.39 is 0 Å². The van der Waals surface area contributed by atoms with Crippen LogP contribution in [0.5, 0.6) is 0 Å². The Kier molecular flexibility index (Phi) is 22.7. The SMILES string of the molecule is c1ccc(-c2cc(-c3ccc(-c4nc5c(-c6ccccc6)cccc5c5oc6ccccc6c45)cc3)nc(-c3ccccc3)n2)cc1.c1ccc(-c2cc(-c3ccccc3)nc(-c3ccc(-c4nc5c(-c6ccccc6)cccc5c5oc6ccccc6c45)cc3)n2)cc1.c1ccc(-c2ccc(-c3cc(-c4ccccc4)nc(-c4ccc(-c5nc6c(-c7ccccc7)cccc6c6oc7ccccc7c56)cc4)n3)cc2)cc1. The van der Waals surface area contributed by atoms with E-state index in [1.807, 2.05) is 164 Å². The van der Waals surface area contributed by atoms with Crippen LogP contribution in [0.3, 0.4) is 0 Å². The number of hydrogen-bond acceptors (Lipinski definition) is 12. The summed E-state index contributed by atoms with van der Waals surface area (Å²) < 4.78 is 19.7. The van der Waals surface area contributed by atoms with Crippen LogP contribution in [-0.4, -0.2) is 44.9 Å². The molecule has 688 valence electrons. The van der Waals surface area contributed by atoms with E-state index in [0.717, 1.165) is 250 Å². The van der Waals surface area contributed by atoms with E-state index in [0.29, 0.717) is 17.5 Å². The third kappa shape index (κ3) is 16.9. The molecule has 0 amide bonds. The first kappa shape index (κ1) is 87.3. The van der Waals surface area contributed by atoms with Crippen molar-refractivity contribution >= 4 is 98.5 Å². The number of aromatic nitrogens is 9. The molecule has 0 aliphatic rings. The molecule has 9 aromatic heterocycles. The molecule has 12 heteroatoms. The minimum absolute atomic E-state index is 0.664. The normalized spacial score (nSPS) is 11.4. The summed E-state index contributed by atoms with van der Waals surface area (Å²) >= 11 is 0. The van der Waals surface area contributed by atoms with Gasteiger partial charge in [0.1, 0.15) is 33.5 Å². The highest BCUT2D eigenvalue weighted by atomic mass is 16.3. The minimum atomic E-state index is 0.664. The Hall–Kier alpha value is -20.0. The lowest BCUT2D eigenvalue weighted by molar-refractivity contribution is 0.672. The molecule has 0 fully saturated rings. The summed E-state index contributed by atoms with van der Waals surface area (Å²) in [4.78, 5) is 46.5. The molecule has 28 aromatic rings. The average molecular weight is 1880 g/mol. The summed E-state index contributed by atoms with van der Waals surface area (Å²) in [5.74, 6) is 2.03. The summed E-state index contributed by atoms with van der Waals surface area (Å²) in [5.41, 5.74) is 36.7. The van der Waals surface area contributed by atoms with E-state index in [9.17, 15) is 0 Å². The number of fused-ring (bicyclic) bond motifs is 15. The highest BCUT2D eigenvalue weighted by Crippen LogP contribution is 2.48. The van der Waals surface area contributed by atoms with Crippen LogP contribution in [-0.2, 0) is 0 Å². The van der Waals surface area contributed by atoms with Gasteiger partial charge in [-0.15, -0.1) is 0 Å². The fraction of sp³-hybridized carbons (Fsp3) is 0. The second-order valence-electron chi connectivity index (χ2n) is 36.4. The monoisotopic (exact) mass is 1880 g/mol. The van der Waals surface area contributed by atoms with Gasteiger partial charge in [-0.2, -0.15) is 0 Å². The van der Waals surface area contributed by atoms with E-state index in [2.05, 4.69) is 352 Å². The van der Waals surface area contributed by atoms with Crippen molar-refractivity contribution in [2.75, 3.05) is 0 Å². The Morgan fingerprint density at radius 1 is 0.129 bits per heavy atom. The van der Waals surface area contributed by atoms with Crippen molar-refractivity contribution in [3.63, 3.8) is 0 Å². The summed E-state index contributed by atoms with van der Waals surface area (Å²) in [7, 11) is 0. The quantitative estimate of drug-likeness (QED) is 0.0904. The molecule has 147 heavy (non-hydrogen) atoms. The fourth-order valence-electron chi connectivity index (χ4n) is 20.1. The van der Waals surface area contributed by atoms with Gasteiger partial charge in [0, 0.05) is 116 Å². The van der Waals surface area contributed by atoms with Gasteiger partial charge in [-0.1, -0.05) is 461 Å². The lowest BCUT2D eigenvalue weighted by atomic mass is 9.97. The van der Waals surface area contributed by atoms with E-state index in [1.54, 1.807) is 0 Å². The van der Waals surface area contributed by atoms with Crippen molar-refractivity contribution in [1.82, 2.24) is 44.9 Å². The number of pyridine rings is 3. The number of hydrogen-bond donors (Lipinski definition) is 0. The van der Waals surface area contributed by atoms with Crippen LogP contribution in [0.15, 0.2) is 529 Å². The Balaban J connectivity index is 0.000000112. The maximum absolute atomic E-state index is 6.59. The summed E-state index contributed by atoms with van der Waals surface area (Å²) in [6.45, 7) is 0. The van der Waals surface area contributed by atoms with Crippen molar-refractivity contribution in [2.45, 2.75) is 0 Å². The van der Waals surface area contributed by atoms with Gasteiger partial charge in [-0.25, -0.2) is 44.9 Å². The van der Waals surface area contributed by atoms with Gasteiger partial charge in [-0.05, 0) is 82.4 Å². The van der Waals surface area contributed by atoms with Crippen LogP contribution in [0.25, 0.3) is 279 Å². The third-order valence-electron chi connectivity index (χ3n) is 27.3. The van der Waals surface area contributed by atoms with Crippen molar-refractivity contribution in [2.24, 2.45) is 0 Å². The molecule has 19 aromatic carbocycles. The molecule has 0 spiro atoms. The zero-order chi connectivity index (χ0) is 97.5. The maximum Gasteiger partial charge on any atom is 0.160 e. The molecule has 0 aliphatic heterocycles. The number of benzene rings is 19. The number of rotatable bonds is 16. The number of furan rings is 3.